The summed E-state index contributed by atoms with van der Waals surface area (Å²) in [5.41, 5.74) is 1.98. The Hall–Kier alpha value is -2.24. The third-order valence-corrected chi connectivity index (χ3v) is 4.40. The molecule has 0 bridgehead atoms. The lowest BCUT2D eigenvalue weighted by atomic mass is 10.1. The van der Waals surface area contributed by atoms with Gasteiger partial charge in [-0.1, -0.05) is 12.5 Å². The molecule has 2 rings (SSSR count). The number of ether oxygens (including phenoxy) is 1. The van der Waals surface area contributed by atoms with Crippen molar-refractivity contribution in [1.82, 2.24) is 5.32 Å². The number of benzene rings is 1. The summed E-state index contributed by atoms with van der Waals surface area (Å²) in [6, 6.07) is 7.82. The van der Waals surface area contributed by atoms with Gasteiger partial charge < -0.3 is 20.3 Å². The summed E-state index contributed by atoms with van der Waals surface area (Å²) in [5.74, 6) is -0.181. The van der Waals surface area contributed by atoms with Crippen LogP contribution in [0.3, 0.4) is 0 Å². The number of hydrogen-bond acceptors (Lipinski definition) is 4. The number of rotatable bonds is 8. The summed E-state index contributed by atoms with van der Waals surface area (Å²) in [6.45, 7) is 2.77. The Bertz CT molecular complexity index is 557. The van der Waals surface area contributed by atoms with Gasteiger partial charge in [-0.25, -0.2) is 4.79 Å². The number of esters is 1. The van der Waals surface area contributed by atoms with Crippen LogP contribution in [-0.2, 0) is 9.53 Å². The Kier molecular flexibility index (Phi) is 8.09. The van der Waals surface area contributed by atoms with E-state index in [0.717, 1.165) is 38.0 Å². The van der Waals surface area contributed by atoms with E-state index in [-0.39, 0.29) is 12.0 Å². The summed E-state index contributed by atoms with van der Waals surface area (Å²) >= 11 is 0. The van der Waals surface area contributed by atoms with Gasteiger partial charge in [-0.2, -0.15) is 0 Å². The maximum absolute atomic E-state index is 12.0. The second kappa shape index (κ2) is 10.6. The average Bonchev–Trinajstić information content (AvgIpc) is 2.65. The van der Waals surface area contributed by atoms with E-state index in [1.807, 2.05) is 18.2 Å². The monoisotopic (exact) mass is 347 g/mol. The number of amides is 2. The number of carbonyl (C=O) groups excluding carboxylic acids is 2. The van der Waals surface area contributed by atoms with Gasteiger partial charge in [-0.3, -0.25) is 4.79 Å². The zero-order valence-corrected chi connectivity index (χ0v) is 15.1. The molecule has 0 radical (unpaired) electrons. The predicted molar refractivity (Wildman–Crippen MR) is 100 cm³/mol. The average molecular weight is 347 g/mol. The molecule has 1 fully saturated rings. The zero-order valence-electron chi connectivity index (χ0n) is 15.1. The van der Waals surface area contributed by atoms with Crippen LogP contribution in [0.25, 0.3) is 0 Å². The van der Waals surface area contributed by atoms with Crippen LogP contribution in [0.15, 0.2) is 24.3 Å². The first-order chi connectivity index (χ1) is 12.2. The second-order valence-electron chi connectivity index (χ2n) is 6.37. The second-order valence-corrected chi connectivity index (χ2v) is 6.37. The molecule has 0 spiro atoms. The molecule has 2 N–H and O–H groups in total. The molecule has 1 aromatic rings. The number of nitrogens with one attached hydrogen (secondary N) is 2. The number of piperidine rings is 1. The first-order valence-corrected chi connectivity index (χ1v) is 9.16. The smallest absolute Gasteiger partial charge is 0.319 e. The topological polar surface area (TPSA) is 70.7 Å². The standard InChI is InChI=1S/C19H29N3O3/c1-25-18(23)11-4-2-5-12-20-19(24)21-16-9-8-10-17(15-16)22-13-6-3-7-14-22/h8-10,15H,2-7,11-14H2,1H3,(H2,20,21,24). The van der Waals surface area contributed by atoms with Crippen molar-refractivity contribution < 1.29 is 14.3 Å². The molecule has 1 aliphatic rings. The largest absolute Gasteiger partial charge is 0.469 e. The van der Waals surface area contributed by atoms with Crippen LogP contribution in [-0.4, -0.2) is 38.7 Å². The quantitative estimate of drug-likeness (QED) is 0.557. The lowest BCUT2D eigenvalue weighted by molar-refractivity contribution is -0.140. The van der Waals surface area contributed by atoms with Gasteiger partial charge in [0.1, 0.15) is 0 Å². The fourth-order valence-electron chi connectivity index (χ4n) is 2.98. The molecule has 1 aromatic carbocycles. The zero-order chi connectivity index (χ0) is 17.9. The molecule has 0 aromatic heterocycles. The van der Waals surface area contributed by atoms with Gasteiger partial charge in [-0.05, 0) is 50.3 Å². The molecular formula is C19H29N3O3. The number of nitrogens with zero attached hydrogens (tertiary/aromatic N) is 1. The highest BCUT2D eigenvalue weighted by Crippen LogP contribution is 2.22. The highest BCUT2D eigenvalue weighted by molar-refractivity contribution is 5.89. The number of carbonyl (C=O) groups is 2. The summed E-state index contributed by atoms with van der Waals surface area (Å²) in [7, 11) is 1.40. The van der Waals surface area contributed by atoms with Crippen molar-refractivity contribution in [3.8, 4) is 0 Å². The van der Waals surface area contributed by atoms with E-state index >= 15 is 0 Å². The number of methoxy groups -OCH3 is 1. The molecule has 138 valence electrons. The van der Waals surface area contributed by atoms with Gasteiger partial charge in [0.2, 0.25) is 0 Å². The van der Waals surface area contributed by atoms with Crippen molar-refractivity contribution in [2.45, 2.75) is 44.9 Å². The van der Waals surface area contributed by atoms with Crippen molar-refractivity contribution in [2.75, 3.05) is 37.0 Å². The van der Waals surface area contributed by atoms with Crippen LogP contribution >= 0.6 is 0 Å². The van der Waals surface area contributed by atoms with Crippen molar-refractivity contribution in [1.29, 1.82) is 0 Å². The first kappa shape index (κ1) is 19.1. The van der Waals surface area contributed by atoms with E-state index in [0.29, 0.717) is 13.0 Å². The van der Waals surface area contributed by atoms with Gasteiger partial charge in [0.05, 0.1) is 7.11 Å². The molecular weight excluding hydrogens is 318 g/mol. The van der Waals surface area contributed by atoms with Crippen molar-refractivity contribution in [2.24, 2.45) is 0 Å². The minimum atomic E-state index is -0.191. The third-order valence-electron chi connectivity index (χ3n) is 4.40. The Morgan fingerprint density at radius 2 is 1.92 bits per heavy atom. The van der Waals surface area contributed by atoms with E-state index in [1.54, 1.807) is 0 Å². The maximum Gasteiger partial charge on any atom is 0.319 e. The van der Waals surface area contributed by atoms with Crippen LogP contribution in [0, 0.1) is 0 Å². The Balaban J connectivity index is 1.67. The molecule has 1 saturated heterocycles. The highest BCUT2D eigenvalue weighted by Gasteiger charge is 2.11. The minimum absolute atomic E-state index is 0.181. The molecule has 0 atom stereocenters. The summed E-state index contributed by atoms with van der Waals surface area (Å²) in [4.78, 5) is 25.3. The van der Waals surface area contributed by atoms with Crippen LogP contribution in [0.2, 0.25) is 0 Å². The van der Waals surface area contributed by atoms with E-state index in [9.17, 15) is 9.59 Å². The fourth-order valence-corrected chi connectivity index (χ4v) is 2.98. The fraction of sp³-hybridized carbons (Fsp3) is 0.579. The molecule has 25 heavy (non-hydrogen) atoms. The lowest BCUT2D eigenvalue weighted by Gasteiger charge is -2.29. The van der Waals surface area contributed by atoms with Gasteiger partial charge in [0.15, 0.2) is 0 Å². The predicted octanol–water partition coefficient (Wildman–Crippen LogP) is 3.53. The Labute approximate surface area is 149 Å². The van der Waals surface area contributed by atoms with Crippen LogP contribution in [0.1, 0.15) is 44.9 Å². The van der Waals surface area contributed by atoms with Gasteiger partial charge in [0, 0.05) is 37.4 Å². The Morgan fingerprint density at radius 1 is 1.12 bits per heavy atom. The normalized spacial score (nSPS) is 14.0. The van der Waals surface area contributed by atoms with Crippen molar-refractivity contribution in [3.63, 3.8) is 0 Å². The summed E-state index contributed by atoms with van der Waals surface area (Å²) < 4.78 is 4.59. The van der Waals surface area contributed by atoms with Crippen LogP contribution < -0.4 is 15.5 Å². The van der Waals surface area contributed by atoms with Crippen LogP contribution in [0.4, 0.5) is 16.2 Å². The maximum atomic E-state index is 12.0. The van der Waals surface area contributed by atoms with E-state index in [1.165, 1.54) is 32.1 Å². The van der Waals surface area contributed by atoms with E-state index in [4.69, 9.17) is 0 Å². The molecule has 0 unspecified atom stereocenters. The molecule has 6 nitrogen and oxygen atoms in total. The van der Waals surface area contributed by atoms with E-state index < -0.39 is 0 Å². The summed E-state index contributed by atoms with van der Waals surface area (Å²) in [6.07, 6.45) is 6.72. The molecule has 0 aliphatic carbocycles. The van der Waals surface area contributed by atoms with Crippen molar-refractivity contribution >= 4 is 23.4 Å². The number of anilines is 2. The highest BCUT2D eigenvalue weighted by atomic mass is 16.5. The number of unbranched alkanes of at least 4 members (excludes halogenated alkanes) is 2. The molecule has 0 saturated carbocycles. The molecule has 1 heterocycles. The molecule has 1 aliphatic heterocycles. The number of urea groups is 1. The minimum Gasteiger partial charge on any atom is -0.469 e. The Morgan fingerprint density at radius 3 is 2.68 bits per heavy atom. The number of hydrogen-bond donors (Lipinski definition) is 2. The molecule has 6 heteroatoms. The van der Waals surface area contributed by atoms with Gasteiger partial charge in [0.25, 0.3) is 0 Å². The first-order valence-electron chi connectivity index (χ1n) is 9.16. The van der Waals surface area contributed by atoms with E-state index in [2.05, 4.69) is 26.3 Å². The van der Waals surface area contributed by atoms with Crippen molar-refractivity contribution in [3.05, 3.63) is 24.3 Å². The lowest BCUT2D eigenvalue weighted by Crippen LogP contribution is -2.30. The van der Waals surface area contributed by atoms with Crippen LogP contribution in [0.5, 0.6) is 0 Å². The SMILES string of the molecule is COC(=O)CCCCCNC(=O)Nc1cccc(N2CCCCC2)c1. The van der Waals surface area contributed by atoms with Gasteiger partial charge >= 0.3 is 12.0 Å². The molecule has 2 amide bonds. The summed E-state index contributed by atoms with van der Waals surface area (Å²) in [5, 5.41) is 5.74. The van der Waals surface area contributed by atoms with Gasteiger partial charge in [-0.15, -0.1) is 0 Å². The third kappa shape index (κ3) is 7.03.